The maximum atomic E-state index is 12.0. The fourth-order valence-corrected chi connectivity index (χ4v) is 5.18. The smallest absolute Gasteiger partial charge is 0.335 e. The van der Waals surface area contributed by atoms with Gasteiger partial charge in [-0.3, -0.25) is 4.98 Å². The summed E-state index contributed by atoms with van der Waals surface area (Å²) in [5.74, 6) is 1.24. The van der Waals surface area contributed by atoms with Crippen LogP contribution >= 0.6 is 0 Å². The number of carboxylic acids is 1. The minimum atomic E-state index is -1.04. The summed E-state index contributed by atoms with van der Waals surface area (Å²) in [4.78, 5) is 16.9. The van der Waals surface area contributed by atoms with E-state index in [9.17, 15) is 9.90 Å². The van der Waals surface area contributed by atoms with Gasteiger partial charge in [0, 0.05) is 23.5 Å². The van der Waals surface area contributed by atoms with Gasteiger partial charge in [-0.25, -0.2) is 4.79 Å². The van der Waals surface area contributed by atoms with Gasteiger partial charge in [-0.05, 0) is 77.6 Å². The van der Waals surface area contributed by atoms with Crippen LogP contribution in [0.15, 0.2) is 35.1 Å². The van der Waals surface area contributed by atoms with Gasteiger partial charge in [-0.1, -0.05) is 24.4 Å². The predicted octanol–water partition coefficient (Wildman–Crippen LogP) is 6.91. The number of hydrogen-bond acceptors (Lipinski definition) is 6. The second kappa shape index (κ2) is 10.2. The summed E-state index contributed by atoms with van der Waals surface area (Å²) in [6.45, 7) is 11.5. The highest BCUT2D eigenvalue weighted by atomic mass is 16.5. The Labute approximate surface area is 222 Å². The number of fused-ring (bicyclic) bond motifs is 1. The third kappa shape index (κ3) is 4.87. The fourth-order valence-electron chi connectivity index (χ4n) is 5.18. The summed E-state index contributed by atoms with van der Waals surface area (Å²) in [5.41, 5.74) is 6.37. The molecule has 1 fully saturated rings. The monoisotopic (exact) mass is 517 g/mol. The van der Waals surface area contributed by atoms with Gasteiger partial charge in [-0.2, -0.15) is 0 Å². The minimum Gasteiger partial charge on any atom is -0.489 e. The summed E-state index contributed by atoms with van der Waals surface area (Å²) >= 11 is 0. The number of nitrogens with zero attached hydrogens (tertiary/aromatic N) is 3. The molecule has 0 amide bonds. The fraction of sp³-hybridized carbons (Fsp3) is 0.433. The van der Waals surface area contributed by atoms with Gasteiger partial charge < -0.3 is 23.7 Å². The second-order valence-electron chi connectivity index (χ2n) is 10.8. The normalized spacial score (nSPS) is 13.9. The van der Waals surface area contributed by atoms with Gasteiger partial charge in [0.25, 0.3) is 0 Å². The number of rotatable bonds is 9. The van der Waals surface area contributed by atoms with Crippen LogP contribution in [0.3, 0.4) is 0 Å². The lowest BCUT2D eigenvalue weighted by Gasteiger charge is -2.24. The summed E-state index contributed by atoms with van der Waals surface area (Å²) in [6, 6.07) is 5.25. The van der Waals surface area contributed by atoms with Crippen LogP contribution in [0.2, 0.25) is 0 Å². The van der Waals surface area contributed by atoms with E-state index in [1.807, 2.05) is 47.7 Å². The molecule has 5 rings (SSSR count). The Kier molecular flexibility index (Phi) is 6.90. The molecule has 1 N–H and O–H groups in total. The molecule has 0 saturated heterocycles. The Balaban J connectivity index is 1.80. The summed E-state index contributed by atoms with van der Waals surface area (Å²) in [6.07, 6.45) is 8.31. The van der Waals surface area contributed by atoms with Crippen molar-refractivity contribution < 1.29 is 23.9 Å². The van der Waals surface area contributed by atoms with Crippen molar-refractivity contribution in [2.45, 2.75) is 79.4 Å². The van der Waals surface area contributed by atoms with Crippen LogP contribution < -0.4 is 9.47 Å². The van der Waals surface area contributed by atoms with Crippen molar-refractivity contribution in [1.29, 1.82) is 0 Å². The summed E-state index contributed by atoms with van der Waals surface area (Å²) < 4.78 is 19.9. The zero-order valence-corrected chi connectivity index (χ0v) is 22.9. The lowest BCUT2D eigenvalue weighted by molar-refractivity contribution is 0.0695. The van der Waals surface area contributed by atoms with Crippen molar-refractivity contribution in [3.63, 3.8) is 0 Å². The number of benzene rings is 1. The summed E-state index contributed by atoms with van der Waals surface area (Å²) in [7, 11) is 0. The molecule has 4 aromatic rings. The highest BCUT2D eigenvalue weighted by Gasteiger charge is 2.26. The standard InChI is InChI=1S/C30H35N3O5/c1-16(2)36-25-12-21(30(34)35)13-26(37-17(3)4)29(25)33-15-23(10-20-8-7-9-20)28-24(33)11-22(14-31-28)27-18(5)32-38-19(27)6/h11-17,20H,7-10H2,1-6H3,(H,34,35). The van der Waals surface area contributed by atoms with Crippen molar-refractivity contribution in [3.05, 3.63) is 53.2 Å². The Morgan fingerprint density at radius 3 is 2.26 bits per heavy atom. The van der Waals surface area contributed by atoms with E-state index in [1.54, 1.807) is 12.1 Å². The first kappa shape index (κ1) is 25.8. The molecule has 0 radical (unpaired) electrons. The van der Waals surface area contributed by atoms with Crippen LogP contribution in [-0.2, 0) is 6.42 Å². The number of carboxylic acid groups (broad SMARTS) is 1. The molecular formula is C30H35N3O5. The molecule has 200 valence electrons. The predicted molar refractivity (Wildman–Crippen MR) is 146 cm³/mol. The van der Waals surface area contributed by atoms with E-state index >= 15 is 0 Å². The third-order valence-electron chi connectivity index (χ3n) is 7.02. The van der Waals surface area contributed by atoms with Crippen LogP contribution in [0.25, 0.3) is 27.8 Å². The molecule has 38 heavy (non-hydrogen) atoms. The number of pyridine rings is 1. The average Bonchev–Trinajstić information content (AvgIpc) is 3.33. The van der Waals surface area contributed by atoms with Crippen molar-refractivity contribution in [1.82, 2.24) is 14.7 Å². The largest absolute Gasteiger partial charge is 0.489 e. The molecular weight excluding hydrogens is 482 g/mol. The van der Waals surface area contributed by atoms with Crippen LogP contribution in [0.1, 0.15) is 74.3 Å². The van der Waals surface area contributed by atoms with E-state index in [4.69, 9.17) is 19.0 Å². The van der Waals surface area contributed by atoms with Crippen LogP contribution in [0, 0.1) is 19.8 Å². The highest BCUT2D eigenvalue weighted by molar-refractivity contribution is 5.91. The number of hydrogen-bond donors (Lipinski definition) is 1. The Hall–Kier alpha value is -3.81. The van der Waals surface area contributed by atoms with E-state index in [0.717, 1.165) is 45.6 Å². The summed E-state index contributed by atoms with van der Waals surface area (Å²) in [5, 5.41) is 14.0. The van der Waals surface area contributed by atoms with Crippen molar-refractivity contribution in [2.75, 3.05) is 0 Å². The lowest BCUT2D eigenvalue weighted by atomic mass is 9.81. The van der Waals surface area contributed by atoms with Crippen molar-refractivity contribution in [3.8, 4) is 28.3 Å². The minimum absolute atomic E-state index is 0.112. The first-order chi connectivity index (χ1) is 18.1. The molecule has 1 aromatic carbocycles. The van der Waals surface area contributed by atoms with E-state index < -0.39 is 5.97 Å². The molecule has 0 atom stereocenters. The maximum Gasteiger partial charge on any atom is 0.335 e. The molecule has 1 saturated carbocycles. The first-order valence-corrected chi connectivity index (χ1v) is 13.3. The van der Waals surface area contributed by atoms with E-state index in [-0.39, 0.29) is 17.8 Å². The van der Waals surface area contributed by atoms with Crippen molar-refractivity contribution >= 4 is 17.0 Å². The number of aromatic nitrogens is 3. The van der Waals surface area contributed by atoms with Gasteiger partial charge in [0.2, 0.25) is 0 Å². The molecule has 0 bridgehead atoms. The lowest BCUT2D eigenvalue weighted by Crippen LogP contribution is -2.14. The van der Waals surface area contributed by atoms with Gasteiger partial charge in [0.1, 0.15) is 22.9 Å². The maximum absolute atomic E-state index is 12.0. The molecule has 1 aliphatic carbocycles. The molecule has 1 aliphatic rings. The molecule has 8 nitrogen and oxygen atoms in total. The van der Waals surface area contributed by atoms with Crippen LogP contribution in [-0.4, -0.2) is 38.0 Å². The zero-order chi connectivity index (χ0) is 27.1. The Morgan fingerprint density at radius 1 is 1.11 bits per heavy atom. The number of ether oxygens (including phenoxy) is 2. The van der Waals surface area contributed by atoms with Crippen LogP contribution in [0.4, 0.5) is 0 Å². The van der Waals surface area contributed by atoms with Gasteiger partial charge in [-0.15, -0.1) is 0 Å². The van der Waals surface area contributed by atoms with E-state index in [2.05, 4.69) is 22.0 Å². The first-order valence-electron chi connectivity index (χ1n) is 13.3. The average molecular weight is 518 g/mol. The molecule has 0 spiro atoms. The second-order valence-corrected chi connectivity index (χ2v) is 10.8. The van der Waals surface area contributed by atoms with Gasteiger partial charge in [0.15, 0.2) is 0 Å². The molecule has 3 aromatic heterocycles. The highest BCUT2D eigenvalue weighted by Crippen LogP contribution is 2.41. The Morgan fingerprint density at radius 2 is 1.76 bits per heavy atom. The van der Waals surface area contributed by atoms with Crippen molar-refractivity contribution in [2.24, 2.45) is 5.92 Å². The molecule has 0 aliphatic heterocycles. The third-order valence-corrected chi connectivity index (χ3v) is 7.02. The number of carbonyl (C=O) groups is 1. The number of aryl methyl sites for hydroxylation is 2. The Bertz CT molecular complexity index is 1440. The van der Waals surface area contributed by atoms with E-state index in [1.165, 1.54) is 19.3 Å². The van der Waals surface area contributed by atoms with E-state index in [0.29, 0.717) is 23.1 Å². The molecule has 8 heteroatoms. The van der Waals surface area contributed by atoms with Gasteiger partial charge >= 0.3 is 5.97 Å². The SMILES string of the molecule is Cc1noc(C)c1-c1cnc2c(CC3CCC3)cn(-c3c(OC(C)C)cc(C(=O)O)cc3OC(C)C)c2c1. The quantitative estimate of drug-likeness (QED) is 0.257. The topological polar surface area (TPSA) is 99.6 Å². The van der Waals surface area contributed by atoms with Gasteiger partial charge in [0.05, 0.1) is 34.5 Å². The zero-order valence-electron chi connectivity index (χ0n) is 22.9. The van der Waals surface area contributed by atoms with Crippen LogP contribution in [0.5, 0.6) is 11.5 Å². The molecule has 0 unspecified atom stereocenters. The molecule has 3 heterocycles. The number of aromatic carboxylic acids is 1.